The third-order valence-corrected chi connectivity index (χ3v) is 5.35. The quantitative estimate of drug-likeness (QED) is 0.509. The topological polar surface area (TPSA) is 54.5 Å². The monoisotopic (exact) mass is 323 g/mol. The van der Waals surface area contributed by atoms with Crippen LogP contribution in [0.25, 0.3) is 20.2 Å². The lowest BCUT2D eigenvalue weighted by molar-refractivity contribution is 0.0610. The van der Waals surface area contributed by atoms with Gasteiger partial charge in [0.2, 0.25) is 0 Å². The summed E-state index contributed by atoms with van der Waals surface area (Å²) in [7, 11) is 0. The maximum Gasteiger partial charge on any atom is 0.263 e. The number of nitrogens with zero attached hydrogens (tertiary/aromatic N) is 1. The third kappa shape index (κ3) is 1.80. The Morgan fingerprint density at radius 2 is 1.65 bits per heavy atom. The van der Waals surface area contributed by atoms with Gasteiger partial charge < -0.3 is 0 Å². The molecule has 0 spiro atoms. The molecule has 114 valence electrons. The lowest BCUT2D eigenvalue weighted by Gasteiger charge is -2.17. The molecule has 1 aromatic heterocycles. The largest absolute Gasteiger partial charge is 0.289 e. The number of hydrogen-bond donors (Lipinski definition) is 0. The van der Waals surface area contributed by atoms with Gasteiger partial charge in [-0.05, 0) is 38.1 Å². The highest BCUT2D eigenvalue weighted by Gasteiger charge is 2.38. The highest BCUT2D eigenvalue weighted by atomic mass is 32.1. The Morgan fingerprint density at radius 3 is 2.39 bits per heavy atom. The van der Waals surface area contributed by atoms with Gasteiger partial charge in [0, 0.05) is 21.5 Å². The fraction of sp³-hybridized carbons (Fsp3) is 0.167. The van der Waals surface area contributed by atoms with Crippen molar-refractivity contribution in [2.45, 2.75) is 19.9 Å². The molecule has 0 unspecified atom stereocenters. The lowest BCUT2D eigenvalue weighted by Crippen LogP contribution is -2.35. The number of imide groups is 1. The van der Waals surface area contributed by atoms with E-state index in [1.165, 1.54) is 16.2 Å². The van der Waals surface area contributed by atoms with Crippen LogP contribution in [0.5, 0.6) is 0 Å². The van der Waals surface area contributed by atoms with Gasteiger partial charge in [0.25, 0.3) is 11.8 Å². The number of carbonyl (C=O) groups excluding carboxylic acids is 2. The SMILES string of the molecule is CC(C)N1C(=O)c2ccc3c(=O)c4ccccc4sc3c2C1=O. The van der Waals surface area contributed by atoms with E-state index < -0.39 is 0 Å². The molecule has 0 atom stereocenters. The van der Waals surface area contributed by atoms with Gasteiger partial charge in [-0.3, -0.25) is 19.3 Å². The maximum atomic E-state index is 12.7. The molecule has 0 radical (unpaired) electrons. The summed E-state index contributed by atoms with van der Waals surface area (Å²) in [5, 5.41) is 1.14. The average molecular weight is 323 g/mol. The molecule has 2 amide bonds. The highest BCUT2D eigenvalue weighted by molar-refractivity contribution is 7.25. The fourth-order valence-electron chi connectivity index (χ4n) is 3.07. The summed E-state index contributed by atoms with van der Waals surface area (Å²) in [5.74, 6) is -0.591. The zero-order chi connectivity index (χ0) is 16.3. The second-order valence-electron chi connectivity index (χ2n) is 5.87. The Labute approximate surface area is 136 Å². The first-order valence-corrected chi connectivity index (χ1v) is 8.19. The minimum Gasteiger partial charge on any atom is -0.289 e. The molecule has 4 rings (SSSR count). The average Bonchev–Trinajstić information content (AvgIpc) is 2.79. The molecule has 2 heterocycles. The first-order chi connectivity index (χ1) is 11.0. The van der Waals surface area contributed by atoms with E-state index in [1.807, 2.05) is 32.0 Å². The summed E-state index contributed by atoms with van der Waals surface area (Å²) >= 11 is 1.39. The van der Waals surface area contributed by atoms with Gasteiger partial charge in [0.1, 0.15) is 0 Å². The van der Waals surface area contributed by atoms with Gasteiger partial charge in [-0.1, -0.05) is 12.1 Å². The number of amides is 2. The summed E-state index contributed by atoms with van der Waals surface area (Å²) in [6.45, 7) is 3.61. The molecule has 0 aliphatic carbocycles. The molecule has 0 bridgehead atoms. The van der Waals surface area contributed by atoms with Crippen LogP contribution in [0.3, 0.4) is 0 Å². The van der Waals surface area contributed by atoms with Crippen LogP contribution in [0.4, 0.5) is 0 Å². The van der Waals surface area contributed by atoms with Gasteiger partial charge in [-0.25, -0.2) is 0 Å². The zero-order valence-electron chi connectivity index (χ0n) is 12.6. The van der Waals surface area contributed by atoms with Crippen LogP contribution >= 0.6 is 11.3 Å². The third-order valence-electron chi connectivity index (χ3n) is 4.14. The molecule has 1 aliphatic heterocycles. The van der Waals surface area contributed by atoms with Crippen LogP contribution in [0.15, 0.2) is 41.2 Å². The Kier molecular flexibility index (Phi) is 2.90. The molecular formula is C18H13NO3S. The standard InChI is InChI=1S/C18H13NO3S/c1-9(2)19-17(21)11-7-8-12-15(20)10-5-3-4-6-13(10)23-16(12)14(11)18(19)22/h3-9H,1-2H3. The Morgan fingerprint density at radius 1 is 0.913 bits per heavy atom. The molecule has 0 N–H and O–H groups in total. The molecule has 0 saturated heterocycles. The smallest absolute Gasteiger partial charge is 0.263 e. The fourth-order valence-corrected chi connectivity index (χ4v) is 4.28. The van der Waals surface area contributed by atoms with Crippen molar-refractivity contribution in [2.24, 2.45) is 0 Å². The number of carbonyl (C=O) groups is 2. The number of benzene rings is 2. The van der Waals surface area contributed by atoms with Crippen molar-refractivity contribution in [3.63, 3.8) is 0 Å². The van der Waals surface area contributed by atoms with Crippen molar-refractivity contribution in [2.75, 3.05) is 0 Å². The summed E-state index contributed by atoms with van der Waals surface area (Å²) in [6.07, 6.45) is 0. The van der Waals surface area contributed by atoms with E-state index in [1.54, 1.807) is 18.2 Å². The molecule has 4 nitrogen and oxygen atoms in total. The second-order valence-corrected chi connectivity index (χ2v) is 6.92. The van der Waals surface area contributed by atoms with E-state index in [4.69, 9.17) is 0 Å². The van der Waals surface area contributed by atoms with E-state index in [2.05, 4.69) is 0 Å². The normalized spacial score (nSPS) is 14.3. The predicted octanol–water partition coefficient (Wildman–Crippen LogP) is 3.42. The minimum absolute atomic E-state index is 0.0969. The van der Waals surface area contributed by atoms with Gasteiger partial charge in [-0.15, -0.1) is 11.3 Å². The van der Waals surface area contributed by atoms with Gasteiger partial charge >= 0.3 is 0 Å². The molecule has 1 aliphatic rings. The van der Waals surface area contributed by atoms with E-state index >= 15 is 0 Å². The highest BCUT2D eigenvalue weighted by Crippen LogP contribution is 2.34. The molecule has 2 aromatic carbocycles. The second kappa shape index (κ2) is 4.73. The minimum atomic E-state index is -0.309. The van der Waals surface area contributed by atoms with Crippen LogP contribution < -0.4 is 5.43 Å². The number of rotatable bonds is 1. The van der Waals surface area contributed by atoms with E-state index in [0.717, 1.165) is 4.70 Å². The molecular weight excluding hydrogens is 310 g/mol. The van der Waals surface area contributed by atoms with Crippen LogP contribution in [0.1, 0.15) is 34.6 Å². The first kappa shape index (κ1) is 14.1. The number of fused-ring (bicyclic) bond motifs is 4. The molecule has 3 aromatic rings. The summed E-state index contributed by atoms with van der Waals surface area (Å²) < 4.78 is 1.43. The van der Waals surface area contributed by atoms with Gasteiger partial charge in [0.05, 0.1) is 15.8 Å². The van der Waals surface area contributed by atoms with E-state index in [0.29, 0.717) is 26.6 Å². The molecule has 0 fully saturated rings. The Balaban J connectivity index is 2.15. The summed E-state index contributed by atoms with van der Waals surface area (Å²) in [6, 6.07) is 10.4. The number of hydrogen-bond acceptors (Lipinski definition) is 4. The van der Waals surface area contributed by atoms with Crippen molar-refractivity contribution in [1.82, 2.24) is 4.90 Å². The van der Waals surface area contributed by atoms with E-state index in [-0.39, 0.29) is 23.3 Å². The Bertz CT molecular complexity index is 1060. The predicted molar refractivity (Wildman–Crippen MR) is 91.2 cm³/mol. The first-order valence-electron chi connectivity index (χ1n) is 7.37. The van der Waals surface area contributed by atoms with Gasteiger partial charge in [0.15, 0.2) is 5.43 Å². The van der Waals surface area contributed by atoms with Crippen LogP contribution in [0.2, 0.25) is 0 Å². The van der Waals surface area contributed by atoms with Crippen molar-refractivity contribution in [3.8, 4) is 0 Å². The van der Waals surface area contributed by atoms with E-state index in [9.17, 15) is 14.4 Å². The molecule has 5 heteroatoms. The molecule has 23 heavy (non-hydrogen) atoms. The van der Waals surface area contributed by atoms with Crippen molar-refractivity contribution in [3.05, 3.63) is 57.7 Å². The van der Waals surface area contributed by atoms with Crippen LogP contribution in [0, 0.1) is 0 Å². The summed E-state index contributed by atoms with van der Waals surface area (Å²) in [4.78, 5) is 39.1. The van der Waals surface area contributed by atoms with Gasteiger partial charge in [-0.2, -0.15) is 0 Å². The van der Waals surface area contributed by atoms with Crippen molar-refractivity contribution < 1.29 is 9.59 Å². The van der Waals surface area contributed by atoms with Crippen molar-refractivity contribution >= 4 is 43.3 Å². The summed E-state index contributed by atoms with van der Waals surface area (Å²) in [5.41, 5.74) is 0.664. The maximum absolute atomic E-state index is 12.7. The van der Waals surface area contributed by atoms with Crippen molar-refractivity contribution in [1.29, 1.82) is 0 Å². The Hall–Kier alpha value is -2.53. The molecule has 0 saturated carbocycles. The lowest BCUT2D eigenvalue weighted by atomic mass is 10.1. The zero-order valence-corrected chi connectivity index (χ0v) is 13.4. The van der Waals surface area contributed by atoms with Crippen LogP contribution in [-0.2, 0) is 0 Å². The van der Waals surface area contributed by atoms with Crippen LogP contribution in [-0.4, -0.2) is 22.8 Å².